The summed E-state index contributed by atoms with van der Waals surface area (Å²) in [6.45, 7) is 0.315. The topological polar surface area (TPSA) is 93.5 Å². The third-order valence-electron chi connectivity index (χ3n) is 2.73. The molecule has 7 nitrogen and oxygen atoms in total. The highest BCUT2D eigenvalue weighted by Crippen LogP contribution is 2.19. The van der Waals surface area contributed by atoms with Gasteiger partial charge in [-0.2, -0.15) is 5.10 Å². The molecule has 2 N–H and O–H groups in total. The smallest absolute Gasteiger partial charge is 0.331 e. The van der Waals surface area contributed by atoms with Gasteiger partial charge in [0.25, 0.3) is 5.91 Å². The number of carboxylic acid groups (broad SMARTS) is 1. The lowest BCUT2D eigenvalue weighted by Gasteiger charge is -2.22. The van der Waals surface area contributed by atoms with Crippen LogP contribution in [-0.2, 0) is 16.6 Å². The molecule has 0 bridgehead atoms. The van der Waals surface area contributed by atoms with E-state index in [0.29, 0.717) is 6.61 Å². The molecule has 1 aliphatic heterocycles. The third kappa shape index (κ3) is 2.14. The molecule has 2 rings (SSSR count). The maximum atomic E-state index is 11.8. The van der Waals surface area contributed by atoms with Gasteiger partial charge in [-0.1, -0.05) is 0 Å². The summed E-state index contributed by atoms with van der Waals surface area (Å²) in [4.78, 5) is 23.0. The van der Waals surface area contributed by atoms with E-state index >= 15 is 0 Å². The Hall–Kier alpha value is -1.89. The number of amides is 1. The van der Waals surface area contributed by atoms with Crippen LogP contribution in [0.4, 0.5) is 0 Å². The predicted octanol–water partition coefficient (Wildman–Crippen LogP) is -0.606. The second-order valence-electron chi connectivity index (χ2n) is 4.02. The van der Waals surface area contributed by atoms with E-state index in [2.05, 4.69) is 10.4 Å². The first-order valence-corrected chi connectivity index (χ1v) is 5.17. The van der Waals surface area contributed by atoms with E-state index in [9.17, 15) is 9.59 Å². The summed E-state index contributed by atoms with van der Waals surface area (Å²) in [6.07, 6.45) is 1.88. The minimum absolute atomic E-state index is 0.0130. The summed E-state index contributed by atoms with van der Waals surface area (Å²) >= 11 is 0. The maximum absolute atomic E-state index is 11.8. The first-order chi connectivity index (χ1) is 8.03. The number of carbonyl (C=O) groups is 2. The Morgan fingerprint density at radius 1 is 1.65 bits per heavy atom. The first kappa shape index (κ1) is 11.6. The number of nitrogens with one attached hydrogen (secondary N) is 1. The van der Waals surface area contributed by atoms with Gasteiger partial charge < -0.3 is 15.2 Å². The monoisotopic (exact) mass is 239 g/mol. The Balaban J connectivity index is 2.14. The van der Waals surface area contributed by atoms with Crippen molar-refractivity contribution in [1.82, 2.24) is 15.1 Å². The van der Waals surface area contributed by atoms with E-state index in [1.165, 1.54) is 10.7 Å². The van der Waals surface area contributed by atoms with Crippen molar-refractivity contribution in [2.24, 2.45) is 7.05 Å². The quantitative estimate of drug-likeness (QED) is 0.734. The van der Waals surface area contributed by atoms with Crippen molar-refractivity contribution < 1.29 is 19.4 Å². The molecule has 1 unspecified atom stereocenters. The number of aliphatic carboxylic acids is 1. The van der Waals surface area contributed by atoms with Crippen molar-refractivity contribution >= 4 is 11.9 Å². The van der Waals surface area contributed by atoms with Crippen LogP contribution in [0.25, 0.3) is 0 Å². The molecule has 0 saturated carbocycles. The predicted molar refractivity (Wildman–Crippen MR) is 56.5 cm³/mol. The number of hydrogen-bond donors (Lipinski definition) is 2. The Morgan fingerprint density at radius 3 is 2.88 bits per heavy atom. The number of aryl methyl sites for hydroxylation is 1. The summed E-state index contributed by atoms with van der Waals surface area (Å²) in [5.74, 6) is -1.59. The Labute approximate surface area is 97.4 Å². The van der Waals surface area contributed by atoms with Gasteiger partial charge in [-0.05, 0) is 6.07 Å². The second-order valence-corrected chi connectivity index (χ2v) is 4.02. The van der Waals surface area contributed by atoms with Crippen LogP contribution < -0.4 is 5.32 Å². The van der Waals surface area contributed by atoms with E-state index in [4.69, 9.17) is 9.84 Å². The van der Waals surface area contributed by atoms with Gasteiger partial charge in [-0.3, -0.25) is 9.48 Å². The minimum atomic E-state index is -1.32. The van der Waals surface area contributed by atoms with Gasteiger partial charge in [0.15, 0.2) is 5.54 Å². The molecule has 0 aromatic carbocycles. The highest BCUT2D eigenvalue weighted by Gasteiger charge is 2.44. The first-order valence-electron chi connectivity index (χ1n) is 5.17. The minimum Gasteiger partial charge on any atom is -0.479 e. The largest absolute Gasteiger partial charge is 0.479 e. The van der Waals surface area contributed by atoms with Crippen molar-refractivity contribution in [3.63, 3.8) is 0 Å². The van der Waals surface area contributed by atoms with Crippen molar-refractivity contribution in [3.8, 4) is 0 Å². The molecule has 1 aromatic rings. The van der Waals surface area contributed by atoms with Crippen molar-refractivity contribution in [3.05, 3.63) is 18.0 Å². The number of ether oxygens (including phenoxy) is 1. The maximum Gasteiger partial charge on any atom is 0.331 e. The second kappa shape index (κ2) is 4.17. The average Bonchev–Trinajstić information content (AvgIpc) is 2.87. The van der Waals surface area contributed by atoms with E-state index in [-0.39, 0.29) is 18.7 Å². The molecule has 0 spiro atoms. The van der Waals surface area contributed by atoms with Crippen LogP contribution in [0.15, 0.2) is 12.3 Å². The molecule has 2 heterocycles. The number of rotatable bonds is 3. The fraction of sp³-hybridized carbons (Fsp3) is 0.500. The number of carboxylic acids is 1. The molecule has 7 heteroatoms. The standard InChI is InChI=1S/C10H13N3O4/c1-13-4-2-7(12-13)8(14)11-10(9(15)16)3-5-17-6-10/h2,4H,3,5-6H2,1H3,(H,11,14)(H,15,16). The van der Waals surface area contributed by atoms with Gasteiger partial charge in [0, 0.05) is 26.3 Å². The zero-order valence-corrected chi connectivity index (χ0v) is 9.34. The molecule has 1 aliphatic rings. The van der Waals surface area contributed by atoms with Crippen LogP contribution in [0.1, 0.15) is 16.9 Å². The van der Waals surface area contributed by atoms with Crippen LogP contribution in [-0.4, -0.2) is 45.5 Å². The van der Waals surface area contributed by atoms with Crippen LogP contribution in [0, 0.1) is 0 Å². The summed E-state index contributed by atoms with van der Waals surface area (Å²) in [7, 11) is 1.68. The molecular weight excluding hydrogens is 226 g/mol. The fourth-order valence-electron chi connectivity index (χ4n) is 1.70. The normalized spacial score (nSPS) is 23.6. The van der Waals surface area contributed by atoms with E-state index < -0.39 is 17.4 Å². The lowest BCUT2D eigenvalue weighted by molar-refractivity contribution is -0.144. The third-order valence-corrected chi connectivity index (χ3v) is 2.73. The molecule has 1 aromatic heterocycles. The summed E-state index contributed by atoms with van der Waals surface area (Å²) in [5, 5.41) is 15.5. The number of nitrogens with zero attached hydrogens (tertiary/aromatic N) is 2. The zero-order chi connectivity index (χ0) is 12.5. The molecule has 1 saturated heterocycles. The van der Waals surface area contributed by atoms with Crippen molar-refractivity contribution in [2.45, 2.75) is 12.0 Å². The van der Waals surface area contributed by atoms with E-state index in [1.54, 1.807) is 13.2 Å². The lowest BCUT2D eigenvalue weighted by atomic mass is 9.99. The Kier molecular flexibility index (Phi) is 2.84. The lowest BCUT2D eigenvalue weighted by Crippen LogP contribution is -2.55. The van der Waals surface area contributed by atoms with E-state index in [0.717, 1.165) is 0 Å². The van der Waals surface area contributed by atoms with Gasteiger partial charge in [-0.15, -0.1) is 0 Å². The van der Waals surface area contributed by atoms with Crippen LogP contribution >= 0.6 is 0 Å². The number of aromatic nitrogens is 2. The average molecular weight is 239 g/mol. The summed E-state index contributed by atoms with van der Waals surface area (Å²) < 4.78 is 6.52. The van der Waals surface area contributed by atoms with Gasteiger partial charge in [0.2, 0.25) is 0 Å². The molecule has 1 amide bonds. The van der Waals surface area contributed by atoms with Crippen molar-refractivity contribution in [1.29, 1.82) is 0 Å². The highest BCUT2D eigenvalue weighted by atomic mass is 16.5. The molecule has 1 atom stereocenters. The Bertz CT molecular complexity index is 448. The van der Waals surface area contributed by atoms with Crippen LogP contribution in [0.3, 0.4) is 0 Å². The molecule has 0 radical (unpaired) electrons. The summed E-state index contributed by atoms with van der Waals surface area (Å²) in [6, 6.07) is 1.53. The van der Waals surface area contributed by atoms with Crippen molar-refractivity contribution in [2.75, 3.05) is 13.2 Å². The van der Waals surface area contributed by atoms with Crippen LogP contribution in [0.2, 0.25) is 0 Å². The number of hydrogen-bond acceptors (Lipinski definition) is 4. The fourth-order valence-corrected chi connectivity index (χ4v) is 1.70. The Morgan fingerprint density at radius 2 is 2.41 bits per heavy atom. The van der Waals surface area contributed by atoms with E-state index in [1.807, 2.05) is 0 Å². The van der Waals surface area contributed by atoms with Crippen LogP contribution in [0.5, 0.6) is 0 Å². The van der Waals surface area contributed by atoms with Gasteiger partial charge in [0.1, 0.15) is 5.69 Å². The molecule has 0 aliphatic carbocycles. The molecule has 92 valence electrons. The summed E-state index contributed by atoms with van der Waals surface area (Å²) in [5.41, 5.74) is -1.13. The van der Waals surface area contributed by atoms with Gasteiger partial charge in [0.05, 0.1) is 6.61 Å². The van der Waals surface area contributed by atoms with Gasteiger partial charge in [-0.25, -0.2) is 4.79 Å². The van der Waals surface area contributed by atoms with Gasteiger partial charge >= 0.3 is 5.97 Å². The molecule has 17 heavy (non-hydrogen) atoms. The molecule has 1 fully saturated rings. The molecular formula is C10H13N3O4. The highest BCUT2D eigenvalue weighted by molar-refractivity contribution is 5.96. The SMILES string of the molecule is Cn1ccc(C(=O)NC2(C(=O)O)CCOC2)n1. The number of carbonyl (C=O) groups excluding carboxylic acids is 1. The zero-order valence-electron chi connectivity index (χ0n) is 9.34.